The van der Waals surface area contributed by atoms with Crippen molar-refractivity contribution >= 4 is 21.7 Å². The number of halogens is 1. The van der Waals surface area contributed by atoms with Crippen LogP contribution in [-0.2, 0) is 0 Å². The summed E-state index contributed by atoms with van der Waals surface area (Å²) in [5, 5.41) is 0. The number of carbonyl (C=O) groups is 1. The predicted octanol–water partition coefficient (Wildman–Crippen LogP) is 2.05. The van der Waals surface area contributed by atoms with Gasteiger partial charge in [-0.3, -0.25) is 4.79 Å². The molecule has 0 aromatic heterocycles. The molecule has 0 fully saturated rings. The van der Waals surface area contributed by atoms with Crippen LogP contribution in [0.1, 0.15) is 22.3 Å². The van der Waals surface area contributed by atoms with Gasteiger partial charge in [0.1, 0.15) is 5.75 Å². The minimum Gasteiger partial charge on any atom is -0.492 e. The van der Waals surface area contributed by atoms with E-state index in [-0.39, 0.29) is 5.78 Å². The van der Waals surface area contributed by atoms with Crippen molar-refractivity contribution in [3.63, 3.8) is 0 Å². The molecule has 0 saturated heterocycles. The van der Waals surface area contributed by atoms with Gasteiger partial charge < -0.3 is 10.5 Å². The molecular weight excluding hydrogens is 258 g/mol. The van der Waals surface area contributed by atoms with Crippen LogP contribution in [0, 0.1) is 6.92 Å². The number of ketones is 1. The first-order valence-corrected chi connectivity index (χ1v) is 5.61. The molecule has 1 aliphatic heterocycles. The lowest BCUT2D eigenvalue weighted by molar-refractivity contribution is 0.0960. The maximum atomic E-state index is 11.9. The molecule has 1 aromatic rings. The van der Waals surface area contributed by atoms with Crippen molar-refractivity contribution in [2.24, 2.45) is 5.73 Å². The van der Waals surface area contributed by atoms with Gasteiger partial charge in [0.2, 0.25) is 0 Å². The third-order valence-electron chi connectivity index (χ3n) is 2.52. The van der Waals surface area contributed by atoms with Crippen LogP contribution in [0.2, 0.25) is 0 Å². The summed E-state index contributed by atoms with van der Waals surface area (Å²) < 4.78 is 6.43. The van der Waals surface area contributed by atoms with Crippen molar-refractivity contribution < 1.29 is 9.53 Å². The molecule has 1 unspecified atom stereocenters. The number of aryl methyl sites for hydroxylation is 1. The summed E-state index contributed by atoms with van der Waals surface area (Å²) in [5.74, 6) is 0.642. The smallest absolute Gasteiger partial charge is 0.183 e. The van der Waals surface area contributed by atoms with E-state index in [1.54, 1.807) is 6.07 Å². The van der Waals surface area contributed by atoms with Crippen molar-refractivity contribution in [3.8, 4) is 5.75 Å². The van der Waals surface area contributed by atoms with E-state index in [9.17, 15) is 4.79 Å². The lowest BCUT2D eigenvalue weighted by atomic mass is 10.0. The zero-order valence-electron chi connectivity index (χ0n) is 8.42. The van der Waals surface area contributed by atoms with Crippen molar-refractivity contribution in [1.82, 2.24) is 0 Å². The molecule has 0 saturated carbocycles. The largest absolute Gasteiger partial charge is 0.492 e. The average molecular weight is 270 g/mol. The van der Waals surface area contributed by atoms with Gasteiger partial charge in [-0.25, -0.2) is 0 Å². The van der Waals surface area contributed by atoms with Crippen LogP contribution in [0.4, 0.5) is 0 Å². The highest BCUT2D eigenvalue weighted by atomic mass is 79.9. The number of hydrogen-bond donors (Lipinski definition) is 1. The second-order valence-electron chi connectivity index (χ2n) is 3.71. The van der Waals surface area contributed by atoms with E-state index < -0.39 is 6.04 Å². The highest BCUT2D eigenvalue weighted by Crippen LogP contribution is 2.30. The third-order valence-corrected chi connectivity index (χ3v) is 2.97. The molecule has 2 N–H and O–H groups in total. The van der Waals surface area contributed by atoms with Crippen LogP contribution >= 0.6 is 15.9 Å². The quantitative estimate of drug-likeness (QED) is 0.785. The van der Waals surface area contributed by atoms with Crippen molar-refractivity contribution in [1.29, 1.82) is 0 Å². The van der Waals surface area contributed by atoms with Gasteiger partial charge in [-0.2, -0.15) is 0 Å². The van der Waals surface area contributed by atoms with E-state index in [2.05, 4.69) is 15.9 Å². The van der Waals surface area contributed by atoms with E-state index >= 15 is 0 Å². The molecule has 1 aromatic carbocycles. The Labute approximate surface area is 96.7 Å². The first-order valence-electron chi connectivity index (χ1n) is 4.82. The number of fused-ring (bicyclic) bond motifs is 1. The van der Waals surface area contributed by atoms with E-state index in [1.807, 2.05) is 13.0 Å². The van der Waals surface area contributed by atoms with Crippen LogP contribution in [-0.4, -0.2) is 18.4 Å². The van der Waals surface area contributed by atoms with E-state index in [4.69, 9.17) is 10.5 Å². The number of carbonyl (C=O) groups excluding carboxylic acids is 1. The molecule has 0 bridgehead atoms. The van der Waals surface area contributed by atoms with Gasteiger partial charge in [0.25, 0.3) is 0 Å². The first-order chi connectivity index (χ1) is 7.09. The molecule has 0 amide bonds. The average Bonchev–Trinajstić information content (AvgIpc) is 2.30. The molecule has 15 heavy (non-hydrogen) atoms. The Balaban J connectivity index is 2.58. The second-order valence-corrected chi connectivity index (χ2v) is 4.62. The zero-order chi connectivity index (χ0) is 11.0. The summed E-state index contributed by atoms with van der Waals surface area (Å²) >= 11 is 3.37. The summed E-state index contributed by atoms with van der Waals surface area (Å²) in [6.45, 7) is 2.43. The standard InChI is InChI=1S/C11H12BrNO2/c1-6-4-7(12)5-8-10(14)9(13)2-3-15-11(6)8/h4-5,9H,2-3,13H2,1H3. The Bertz CT molecular complexity index is 417. The molecule has 4 heteroatoms. The molecular formula is C11H12BrNO2. The number of ether oxygens (including phenoxy) is 1. The summed E-state index contributed by atoms with van der Waals surface area (Å²) in [5.41, 5.74) is 7.30. The Kier molecular flexibility index (Phi) is 2.80. The van der Waals surface area contributed by atoms with Gasteiger partial charge in [0, 0.05) is 10.9 Å². The molecule has 0 radical (unpaired) electrons. The van der Waals surface area contributed by atoms with Gasteiger partial charge >= 0.3 is 0 Å². The Morgan fingerprint density at radius 2 is 2.27 bits per heavy atom. The number of rotatable bonds is 0. The number of Topliss-reactive ketones (excluding diaryl/α,β-unsaturated/α-hetero) is 1. The molecule has 80 valence electrons. The SMILES string of the molecule is Cc1cc(Br)cc2c1OCCC(N)C2=O. The molecule has 1 atom stereocenters. The third kappa shape index (κ3) is 1.92. The zero-order valence-corrected chi connectivity index (χ0v) is 10.0. The van der Waals surface area contributed by atoms with Crippen molar-refractivity contribution in [3.05, 3.63) is 27.7 Å². The summed E-state index contributed by atoms with van der Waals surface area (Å²) in [4.78, 5) is 11.9. The minimum absolute atomic E-state index is 0.0353. The van der Waals surface area contributed by atoms with Gasteiger partial charge in [-0.05, 0) is 24.6 Å². The Morgan fingerprint density at radius 1 is 1.53 bits per heavy atom. The van der Waals surface area contributed by atoms with Crippen LogP contribution in [0.5, 0.6) is 5.75 Å². The summed E-state index contributed by atoms with van der Waals surface area (Å²) in [6, 6.07) is 3.26. The molecule has 1 heterocycles. The maximum Gasteiger partial charge on any atom is 0.183 e. The normalized spacial score (nSPS) is 20.5. The molecule has 1 aliphatic rings. The van der Waals surface area contributed by atoms with Crippen LogP contribution in [0.15, 0.2) is 16.6 Å². The summed E-state index contributed by atoms with van der Waals surface area (Å²) in [7, 11) is 0. The van der Waals surface area contributed by atoms with E-state index in [0.717, 1.165) is 10.0 Å². The van der Waals surface area contributed by atoms with E-state index in [1.165, 1.54) is 0 Å². The lowest BCUT2D eigenvalue weighted by Gasteiger charge is -2.10. The van der Waals surface area contributed by atoms with E-state index in [0.29, 0.717) is 24.3 Å². The molecule has 0 aliphatic carbocycles. The predicted molar refractivity (Wildman–Crippen MR) is 61.3 cm³/mol. The Hall–Kier alpha value is -0.870. The van der Waals surface area contributed by atoms with Crippen molar-refractivity contribution in [2.75, 3.05) is 6.61 Å². The first kappa shape index (κ1) is 10.6. The fourth-order valence-electron chi connectivity index (χ4n) is 1.72. The number of nitrogens with two attached hydrogens (primary N) is 1. The highest BCUT2D eigenvalue weighted by Gasteiger charge is 2.24. The maximum absolute atomic E-state index is 11.9. The summed E-state index contributed by atoms with van der Waals surface area (Å²) in [6.07, 6.45) is 0.574. The lowest BCUT2D eigenvalue weighted by Crippen LogP contribution is -2.30. The molecule has 2 rings (SSSR count). The van der Waals surface area contributed by atoms with Crippen LogP contribution in [0.3, 0.4) is 0 Å². The van der Waals surface area contributed by atoms with Gasteiger partial charge in [0.05, 0.1) is 18.2 Å². The minimum atomic E-state index is -0.444. The number of hydrogen-bond acceptors (Lipinski definition) is 3. The fraction of sp³-hybridized carbons (Fsp3) is 0.364. The molecule has 0 spiro atoms. The monoisotopic (exact) mass is 269 g/mol. The van der Waals surface area contributed by atoms with Gasteiger partial charge in [-0.1, -0.05) is 15.9 Å². The van der Waals surface area contributed by atoms with Gasteiger partial charge in [0.15, 0.2) is 5.78 Å². The fourth-order valence-corrected chi connectivity index (χ4v) is 2.30. The molecule has 3 nitrogen and oxygen atoms in total. The topological polar surface area (TPSA) is 52.3 Å². The second kappa shape index (κ2) is 3.94. The van der Waals surface area contributed by atoms with Crippen LogP contribution < -0.4 is 10.5 Å². The van der Waals surface area contributed by atoms with Crippen molar-refractivity contribution in [2.45, 2.75) is 19.4 Å². The highest BCUT2D eigenvalue weighted by molar-refractivity contribution is 9.10. The number of benzene rings is 1. The van der Waals surface area contributed by atoms with Crippen LogP contribution in [0.25, 0.3) is 0 Å². The Morgan fingerprint density at radius 3 is 3.00 bits per heavy atom. The van der Waals surface area contributed by atoms with Gasteiger partial charge in [-0.15, -0.1) is 0 Å².